The first kappa shape index (κ1) is 13.6. The molecule has 0 amide bonds. The summed E-state index contributed by atoms with van der Waals surface area (Å²) in [6.45, 7) is 0. The van der Waals surface area contributed by atoms with Crippen molar-refractivity contribution in [2.75, 3.05) is 12.4 Å². The van der Waals surface area contributed by atoms with Crippen molar-refractivity contribution in [3.05, 3.63) is 72.2 Å². The fourth-order valence-electron chi connectivity index (χ4n) is 3.10. The van der Waals surface area contributed by atoms with Crippen molar-refractivity contribution in [1.29, 1.82) is 0 Å². The Morgan fingerprint density at radius 3 is 2.91 bits per heavy atom. The zero-order valence-corrected chi connectivity index (χ0v) is 12.6. The van der Waals surface area contributed by atoms with Gasteiger partial charge in [-0.25, -0.2) is 9.78 Å². The minimum Gasteiger partial charge on any atom is -0.466 e. The number of fused-ring (bicyclic) bond motifs is 2. The quantitative estimate of drug-likeness (QED) is 0.739. The highest BCUT2D eigenvalue weighted by molar-refractivity contribution is 5.94. The molecule has 1 aliphatic rings. The third kappa shape index (κ3) is 2.09. The van der Waals surface area contributed by atoms with Crippen molar-refractivity contribution in [1.82, 2.24) is 9.55 Å². The van der Waals surface area contributed by atoms with Gasteiger partial charge in [0.2, 0.25) is 5.95 Å². The maximum absolute atomic E-state index is 12.3. The number of anilines is 1. The van der Waals surface area contributed by atoms with Gasteiger partial charge in [0, 0.05) is 18.6 Å². The third-order valence-electron chi connectivity index (χ3n) is 4.14. The summed E-state index contributed by atoms with van der Waals surface area (Å²) in [6.07, 6.45) is 5.26. The Morgan fingerprint density at radius 1 is 1.22 bits per heavy atom. The van der Waals surface area contributed by atoms with Crippen LogP contribution in [-0.2, 0) is 9.53 Å². The number of ether oxygens (including phenoxy) is 1. The van der Waals surface area contributed by atoms with Gasteiger partial charge in [0.1, 0.15) is 0 Å². The minimum absolute atomic E-state index is 0.271. The number of nitrogens with one attached hydrogen (secondary N) is 1. The van der Waals surface area contributed by atoms with Gasteiger partial charge in [0.25, 0.3) is 0 Å². The first-order valence-corrected chi connectivity index (χ1v) is 7.35. The molecule has 0 radical (unpaired) electrons. The van der Waals surface area contributed by atoms with Crippen LogP contribution in [0.2, 0.25) is 0 Å². The van der Waals surface area contributed by atoms with Crippen molar-refractivity contribution in [2.24, 2.45) is 0 Å². The largest absolute Gasteiger partial charge is 0.466 e. The van der Waals surface area contributed by atoms with E-state index < -0.39 is 0 Å². The summed E-state index contributed by atoms with van der Waals surface area (Å²) in [6, 6.07) is 14.0. The van der Waals surface area contributed by atoms with E-state index in [1.54, 1.807) is 12.4 Å². The van der Waals surface area contributed by atoms with Gasteiger partial charge in [-0.1, -0.05) is 42.5 Å². The van der Waals surface area contributed by atoms with Crippen LogP contribution in [0.15, 0.2) is 66.6 Å². The number of carbonyl (C=O) groups is 1. The second kappa shape index (κ2) is 5.28. The Labute approximate surface area is 133 Å². The van der Waals surface area contributed by atoms with E-state index in [-0.39, 0.29) is 12.0 Å². The molecule has 1 unspecified atom stereocenters. The smallest absolute Gasteiger partial charge is 0.337 e. The molecule has 0 bridgehead atoms. The van der Waals surface area contributed by atoms with Gasteiger partial charge in [-0.2, -0.15) is 0 Å². The number of carbonyl (C=O) groups excluding carboxylic acids is 1. The molecule has 2 aromatic carbocycles. The second-order valence-corrected chi connectivity index (χ2v) is 5.36. The van der Waals surface area contributed by atoms with E-state index >= 15 is 0 Å². The molecule has 0 saturated heterocycles. The molecular formula is C18H15N3O2. The summed E-state index contributed by atoms with van der Waals surface area (Å²) in [5.74, 6) is 0.352. The van der Waals surface area contributed by atoms with E-state index in [1.165, 1.54) is 7.11 Å². The average Bonchev–Trinajstić information content (AvgIpc) is 3.08. The number of benzene rings is 2. The van der Waals surface area contributed by atoms with E-state index in [2.05, 4.69) is 28.5 Å². The highest BCUT2D eigenvalue weighted by Gasteiger charge is 2.30. The Bertz CT molecular complexity index is 921. The first-order valence-electron chi connectivity index (χ1n) is 7.35. The zero-order chi connectivity index (χ0) is 15.8. The lowest BCUT2D eigenvalue weighted by Gasteiger charge is -2.27. The van der Waals surface area contributed by atoms with Crippen LogP contribution >= 0.6 is 0 Å². The van der Waals surface area contributed by atoms with E-state index in [4.69, 9.17) is 4.74 Å². The number of aromatic nitrogens is 2. The zero-order valence-electron chi connectivity index (χ0n) is 12.6. The molecule has 1 N–H and O–H groups in total. The third-order valence-corrected chi connectivity index (χ3v) is 4.14. The van der Waals surface area contributed by atoms with Gasteiger partial charge in [-0.05, 0) is 16.3 Å². The van der Waals surface area contributed by atoms with Crippen LogP contribution in [0, 0.1) is 0 Å². The van der Waals surface area contributed by atoms with Crippen LogP contribution in [0.3, 0.4) is 0 Å². The van der Waals surface area contributed by atoms with Crippen molar-refractivity contribution in [3.63, 3.8) is 0 Å². The normalized spacial score (nSPS) is 16.4. The van der Waals surface area contributed by atoms with Gasteiger partial charge in [0.15, 0.2) is 0 Å². The predicted octanol–water partition coefficient (Wildman–Crippen LogP) is 3.11. The topological polar surface area (TPSA) is 56.1 Å². The Balaban J connectivity index is 1.97. The molecule has 0 aliphatic carbocycles. The molecule has 5 nitrogen and oxygen atoms in total. The number of imidazole rings is 1. The minimum atomic E-state index is -0.352. The van der Waals surface area contributed by atoms with E-state index in [0.717, 1.165) is 16.3 Å². The van der Waals surface area contributed by atoms with Crippen LogP contribution in [-0.4, -0.2) is 22.6 Å². The summed E-state index contributed by atoms with van der Waals surface area (Å²) in [5.41, 5.74) is 1.59. The summed E-state index contributed by atoms with van der Waals surface area (Å²) >= 11 is 0. The first-order chi connectivity index (χ1) is 11.3. The van der Waals surface area contributed by atoms with Crippen LogP contribution < -0.4 is 5.32 Å². The van der Waals surface area contributed by atoms with E-state index in [9.17, 15) is 4.79 Å². The molecule has 23 heavy (non-hydrogen) atoms. The Hall–Kier alpha value is -3.08. The summed E-state index contributed by atoms with van der Waals surface area (Å²) in [5, 5.41) is 5.29. The van der Waals surface area contributed by atoms with Crippen LogP contribution in [0.25, 0.3) is 10.8 Å². The van der Waals surface area contributed by atoms with Gasteiger partial charge < -0.3 is 14.6 Å². The number of hydrogen-bond donors (Lipinski definition) is 1. The average molecular weight is 305 g/mol. The predicted molar refractivity (Wildman–Crippen MR) is 88.0 cm³/mol. The van der Waals surface area contributed by atoms with Gasteiger partial charge in [-0.15, -0.1) is 0 Å². The summed E-state index contributed by atoms with van der Waals surface area (Å²) in [4.78, 5) is 16.5. The van der Waals surface area contributed by atoms with E-state index in [1.807, 2.05) is 35.0 Å². The number of esters is 1. The number of rotatable bonds is 2. The molecule has 3 aromatic rings. The molecule has 4 rings (SSSR count). The maximum atomic E-state index is 12.3. The van der Waals surface area contributed by atoms with Crippen molar-refractivity contribution >= 4 is 22.7 Å². The van der Waals surface area contributed by atoms with Gasteiger partial charge in [0.05, 0.1) is 18.7 Å². The van der Waals surface area contributed by atoms with Crippen molar-refractivity contribution in [3.8, 4) is 0 Å². The Morgan fingerprint density at radius 2 is 2.04 bits per heavy atom. The fraction of sp³-hybridized carbons (Fsp3) is 0.111. The lowest BCUT2D eigenvalue weighted by molar-refractivity contribution is -0.136. The van der Waals surface area contributed by atoms with Crippen LogP contribution in [0.4, 0.5) is 5.95 Å². The van der Waals surface area contributed by atoms with Crippen molar-refractivity contribution < 1.29 is 9.53 Å². The summed E-state index contributed by atoms with van der Waals surface area (Å²) in [7, 11) is 1.40. The lowest BCUT2D eigenvalue weighted by Crippen LogP contribution is -2.25. The molecule has 5 heteroatoms. The SMILES string of the molecule is COC(=O)C1=CNc2nccn2C1c1cccc2ccccc12. The molecule has 1 aliphatic heterocycles. The van der Waals surface area contributed by atoms with E-state index in [0.29, 0.717) is 11.5 Å². The number of nitrogens with zero attached hydrogens (tertiary/aromatic N) is 2. The van der Waals surface area contributed by atoms with Crippen LogP contribution in [0.5, 0.6) is 0 Å². The standard InChI is InChI=1S/C18H15N3O2/c1-23-17(22)15-11-20-18-19-9-10-21(18)16(15)14-8-4-6-12-5-2-3-7-13(12)14/h2-11,16H,1H3,(H,19,20). The molecule has 0 saturated carbocycles. The molecule has 2 heterocycles. The Kier molecular flexibility index (Phi) is 3.12. The lowest BCUT2D eigenvalue weighted by atomic mass is 9.93. The summed E-state index contributed by atoms with van der Waals surface area (Å²) < 4.78 is 6.92. The highest BCUT2D eigenvalue weighted by atomic mass is 16.5. The molecule has 1 aromatic heterocycles. The molecule has 0 fully saturated rings. The van der Waals surface area contributed by atoms with Crippen molar-refractivity contribution in [2.45, 2.75) is 6.04 Å². The molecule has 114 valence electrons. The number of methoxy groups -OCH3 is 1. The van der Waals surface area contributed by atoms with Crippen LogP contribution in [0.1, 0.15) is 11.6 Å². The van der Waals surface area contributed by atoms with Gasteiger partial charge >= 0.3 is 5.97 Å². The molecular weight excluding hydrogens is 290 g/mol. The highest BCUT2D eigenvalue weighted by Crippen LogP contribution is 2.36. The fourth-order valence-corrected chi connectivity index (χ4v) is 3.10. The molecule has 1 atom stereocenters. The van der Waals surface area contributed by atoms with Gasteiger partial charge in [-0.3, -0.25) is 0 Å². The number of hydrogen-bond acceptors (Lipinski definition) is 4. The maximum Gasteiger partial charge on any atom is 0.337 e. The molecule has 0 spiro atoms. The second-order valence-electron chi connectivity index (χ2n) is 5.36. The monoisotopic (exact) mass is 305 g/mol.